The van der Waals surface area contributed by atoms with Crippen LogP contribution in [-0.4, -0.2) is 25.6 Å². The van der Waals surface area contributed by atoms with Crippen LogP contribution in [0.3, 0.4) is 0 Å². The average Bonchev–Trinajstić information content (AvgIpc) is 2.43. The molecule has 0 saturated carbocycles. The second-order valence-corrected chi connectivity index (χ2v) is 3.40. The molecule has 0 spiro atoms. The van der Waals surface area contributed by atoms with E-state index in [1.54, 1.807) is 12.3 Å². The van der Waals surface area contributed by atoms with Crippen LogP contribution in [0.1, 0.15) is 18.9 Å². The summed E-state index contributed by atoms with van der Waals surface area (Å²) in [6.45, 7) is 2.44. The smallest absolute Gasteiger partial charge is 0.309 e. The fourth-order valence-electron chi connectivity index (χ4n) is 1.27. The van der Waals surface area contributed by atoms with Gasteiger partial charge in [-0.25, -0.2) is 4.99 Å². The van der Waals surface area contributed by atoms with Crippen molar-refractivity contribution < 1.29 is 14.3 Å². The lowest BCUT2D eigenvalue weighted by atomic mass is 10.2. The van der Waals surface area contributed by atoms with E-state index in [9.17, 15) is 4.79 Å². The monoisotopic (exact) mass is 247 g/mol. The van der Waals surface area contributed by atoms with Gasteiger partial charge in [0.15, 0.2) is 0 Å². The minimum absolute atomic E-state index is 0.203. The Bertz CT molecular complexity index is 424. The number of carbonyl (C=O) groups is 1. The average molecular weight is 247 g/mol. The molecule has 0 bridgehead atoms. The van der Waals surface area contributed by atoms with E-state index in [0.29, 0.717) is 12.5 Å². The molecular weight excluding hydrogens is 230 g/mol. The van der Waals surface area contributed by atoms with Crippen LogP contribution in [0.2, 0.25) is 0 Å². The summed E-state index contributed by atoms with van der Waals surface area (Å²) < 4.78 is 9.96. The van der Waals surface area contributed by atoms with Crippen LogP contribution in [0.25, 0.3) is 0 Å². The van der Waals surface area contributed by atoms with Crippen LogP contribution in [0.15, 0.2) is 47.6 Å². The van der Waals surface area contributed by atoms with Gasteiger partial charge in [0.2, 0.25) is 5.90 Å². The molecule has 0 aromatic heterocycles. The summed E-state index contributed by atoms with van der Waals surface area (Å²) in [6.07, 6.45) is 3.39. The molecule has 0 amide bonds. The summed E-state index contributed by atoms with van der Waals surface area (Å²) in [5, 5.41) is 0. The maximum absolute atomic E-state index is 10.9. The zero-order chi connectivity index (χ0) is 13.2. The third-order valence-corrected chi connectivity index (χ3v) is 2.11. The zero-order valence-corrected chi connectivity index (χ0v) is 10.6. The van der Waals surface area contributed by atoms with Gasteiger partial charge in [-0.2, -0.15) is 0 Å². The minimum atomic E-state index is -0.292. The highest BCUT2D eigenvalue weighted by atomic mass is 16.5. The molecule has 1 rings (SSSR count). The minimum Gasteiger partial charge on any atom is -0.478 e. The summed E-state index contributed by atoms with van der Waals surface area (Å²) in [7, 11) is 1.36. The van der Waals surface area contributed by atoms with Gasteiger partial charge in [-0.05, 0) is 19.1 Å². The number of hydrogen-bond donors (Lipinski definition) is 0. The van der Waals surface area contributed by atoms with Gasteiger partial charge in [0.05, 0.1) is 20.1 Å². The van der Waals surface area contributed by atoms with Crippen molar-refractivity contribution in [1.29, 1.82) is 0 Å². The molecule has 0 aliphatic carbocycles. The molecule has 4 nitrogen and oxygen atoms in total. The Morgan fingerprint density at radius 2 is 2.06 bits per heavy atom. The molecular formula is C14H17NO3. The first-order chi connectivity index (χ1) is 8.77. The van der Waals surface area contributed by atoms with E-state index in [2.05, 4.69) is 9.73 Å². The number of methoxy groups -OCH3 is 1. The number of nitrogens with zero attached hydrogens (tertiary/aromatic N) is 1. The predicted molar refractivity (Wildman–Crippen MR) is 70.4 cm³/mol. The summed E-state index contributed by atoms with van der Waals surface area (Å²) in [4.78, 5) is 15.1. The van der Waals surface area contributed by atoms with Crippen LogP contribution in [-0.2, 0) is 14.3 Å². The summed E-state index contributed by atoms with van der Waals surface area (Å²) in [5.41, 5.74) is 0.905. The summed E-state index contributed by atoms with van der Waals surface area (Å²) in [6, 6.07) is 9.61. The Kier molecular flexibility index (Phi) is 6.25. The third-order valence-electron chi connectivity index (χ3n) is 2.11. The lowest BCUT2D eigenvalue weighted by Gasteiger charge is -2.05. The number of rotatable bonds is 5. The first-order valence-electron chi connectivity index (χ1n) is 5.75. The lowest BCUT2D eigenvalue weighted by Crippen LogP contribution is -2.05. The van der Waals surface area contributed by atoms with Crippen molar-refractivity contribution in [1.82, 2.24) is 0 Å². The second kappa shape index (κ2) is 8.06. The topological polar surface area (TPSA) is 47.9 Å². The molecule has 0 heterocycles. The number of aliphatic imine (C=N–C) groups is 1. The van der Waals surface area contributed by atoms with Crippen LogP contribution in [0, 0.1) is 0 Å². The Morgan fingerprint density at radius 3 is 2.67 bits per heavy atom. The molecule has 0 fully saturated rings. The molecule has 0 N–H and O–H groups in total. The second-order valence-electron chi connectivity index (χ2n) is 3.40. The number of ether oxygens (including phenoxy) is 2. The van der Waals surface area contributed by atoms with Gasteiger partial charge in [0.1, 0.15) is 0 Å². The van der Waals surface area contributed by atoms with E-state index >= 15 is 0 Å². The zero-order valence-electron chi connectivity index (χ0n) is 10.6. The summed E-state index contributed by atoms with van der Waals surface area (Å²) in [5.74, 6) is 0.248. The molecule has 1 aromatic rings. The molecule has 0 unspecified atom stereocenters. The van der Waals surface area contributed by atoms with E-state index in [1.807, 2.05) is 37.3 Å². The highest BCUT2D eigenvalue weighted by molar-refractivity contribution is 5.94. The van der Waals surface area contributed by atoms with Crippen molar-refractivity contribution in [2.45, 2.75) is 13.3 Å². The van der Waals surface area contributed by atoms with Crippen molar-refractivity contribution in [2.24, 2.45) is 4.99 Å². The SMILES string of the molecule is CCOC(=N/C=C\CC(=O)OC)c1ccccc1. The first-order valence-corrected chi connectivity index (χ1v) is 5.75. The maximum Gasteiger partial charge on any atom is 0.309 e. The highest BCUT2D eigenvalue weighted by Gasteiger charge is 2.01. The highest BCUT2D eigenvalue weighted by Crippen LogP contribution is 2.03. The fraction of sp³-hybridized carbons (Fsp3) is 0.286. The standard InChI is InChI=1S/C14H17NO3/c1-3-18-14(12-8-5-4-6-9-12)15-11-7-10-13(16)17-2/h4-9,11H,3,10H2,1-2H3/b11-7-,15-14?. The quantitative estimate of drug-likeness (QED) is 0.456. The van der Waals surface area contributed by atoms with E-state index in [4.69, 9.17) is 4.74 Å². The largest absolute Gasteiger partial charge is 0.478 e. The first kappa shape index (κ1) is 14.0. The molecule has 0 atom stereocenters. The van der Waals surface area contributed by atoms with Crippen LogP contribution in [0.5, 0.6) is 0 Å². The molecule has 18 heavy (non-hydrogen) atoms. The van der Waals surface area contributed by atoms with E-state index in [1.165, 1.54) is 7.11 Å². The van der Waals surface area contributed by atoms with Crippen molar-refractivity contribution in [2.75, 3.05) is 13.7 Å². The van der Waals surface area contributed by atoms with Gasteiger partial charge >= 0.3 is 5.97 Å². The van der Waals surface area contributed by atoms with Crippen molar-refractivity contribution in [3.63, 3.8) is 0 Å². The van der Waals surface area contributed by atoms with Gasteiger partial charge in [-0.15, -0.1) is 0 Å². The Labute approximate surface area is 107 Å². The normalized spacial score (nSPS) is 11.6. The molecule has 1 aromatic carbocycles. The van der Waals surface area contributed by atoms with Gasteiger partial charge in [-0.3, -0.25) is 4.79 Å². The van der Waals surface area contributed by atoms with Crippen molar-refractivity contribution in [3.8, 4) is 0 Å². The van der Waals surface area contributed by atoms with E-state index in [-0.39, 0.29) is 12.4 Å². The van der Waals surface area contributed by atoms with Gasteiger partial charge in [0, 0.05) is 11.8 Å². The fourth-order valence-corrected chi connectivity index (χ4v) is 1.27. The van der Waals surface area contributed by atoms with Crippen LogP contribution in [0.4, 0.5) is 0 Å². The summed E-state index contributed by atoms with van der Waals surface area (Å²) >= 11 is 0. The van der Waals surface area contributed by atoms with Crippen LogP contribution < -0.4 is 0 Å². The van der Waals surface area contributed by atoms with Gasteiger partial charge in [0.25, 0.3) is 0 Å². The lowest BCUT2D eigenvalue weighted by molar-refractivity contribution is -0.139. The van der Waals surface area contributed by atoms with E-state index < -0.39 is 0 Å². The van der Waals surface area contributed by atoms with Gasteiger partial charge < -0.3 is 9.47 Å². The molecule has 0 aliphatic heterocycles. The van der Waals surface area contributed by atoms with E-state index in [0.717, 1.165) is 5.56 Å². The number of benzene rings is 1. The Morgan fingerprint density at radius 1 is 1.33 bits per heavy atom. The number of hydrogen-bond acceptors (Lipinski definition) is 4. The molecule has 0 radical (unpaired) electrons. The van der Waals surface area contributed by atoms with Crippen LogP contribution >= 0.6 is 0 Å². The predicted octanol–water partition coefficient (Wildman–Crippen LogP) is 2.55. The third kappa shape index (κ3) is 4.82. The maximum atomic E-state index is 10.9. The Balaban J connectivity index is 2.70. The number of esters is 1. The molecule has 0 aliphatic rings. The van der Waals surface area contributed by atoms with Crippen molar-refractivity contribution >= 4 is 11.9 Å². The van der Waals surface area contributed by atoms with Crippen molar-refractivity contribution in [3.05, 3.63) is 48.2 Å². The molecule has 4 heteroatoms. The molecule has 96 valence electrons. The molecule has 0 saturated heterocycles. The Hall–Kier alpha value is -2.10. The van der Waals surface area contributed by atoms with Gasteiger partial charge in [-0.1, -0.05) is 24.3 Å². The number of carbonyl (C=O) groups excluding carboxylic acids is 1.